The molecule has 0 saturated carbocycles. The molecule has 0 aliphatic carbocycles. The normalized spacial score (nSPS) is 19.9. The second-order valence-electron chi connectivity index (χ2n) is 5.44. The summed E-state index contributed by atoms with van der Waals surface area (Å²) >= 11 is 0. The molecule has 1 fully saturated rings. The van der Waals surface area contributed by atoms with Crippen LogP contribution in [0.25, 0.3) is 0 Å². The topological polar surface area (TPSA) is 61.6 Å². The van der Waals surface area contributed by atoms with E-state index in [1.54, 1.807) is 6.07 Å². The molecule has 1 heterocycles. The summed E-state index contributed by atoms with van der Waals surface area (Å²) in [6.45, 7) is 7.62. The summed E-state index contributed by atoms with van der Waals surface area (Å²) in [4.78, 5) is 16.8. The van der Waals surface area contributed by atoms with Gasteiger partial charge in [0.25, 0.3) is 5.91 Å². The molecular formula is C15H24N4O. The minimum atomic E-state index is -0.0337. The van der Waals surface area contributed by atoms with Crippen LogP contribution < -0.4 is 16.0 Å². The Hall–Kier alpha value is -1.75. The molecule has 1 saturated heterocycles. The van der Waals surface area contributed by atoms with Gasteiger partial charge in [-0.25, -0.2) is 0 Å². The number of amides is 1. The number of nitrogens with one attached hydrogen (secondary N) is 1. The molecule has 20 heavy (non-hydrogen) atoms. The number of piperazine rings is 1. The maximum Gasteiger partial charge on any atom is 0.253 e. The van der Waals surface area contributed by atoms with Crippen molar-refractivity contribution in [2.45, 2.75) is 19.9 Å². The lowest BCUT2D eigenvalue weighted by atomic mass is 10.1. The third-order valence-electron chi connectivity index (χ3n) is 3.74. The fraction of sp³-hybridized carbons (Fsp3) is 0.533. The lowest BCUT2D eigenvalue weighted by Crippen LogP contribution is -2.51. The van der Waals surface area contributed by atoms with Crippen LogP contribution in [0, 0.1) is 0 Å². The van der Waals surface area contributed by atoms with Crippen molar-refractivity contribution in [2.75, 3.05) is 43.9 Å². The van der Waals surface area contributed by atoms with E-state index >= 15 is 0 Å². The van der Waals surface area contributed by atoms with Gasteiger partial charge in [-0.2, -0.15) is 0 Å². The number of nitrogens with zero attached hydrogens (tertiary/aromatic N) is 2. The Balaban J connectivity index is 2.34. The van der Waals surface area contributed by atoms with Crippen LogP contribution in [-0.4, -0.2) is 50.1 Å². The van der Waals surface area contributed by atoms with Crippen LogP contribution in [0.5, 0.6) is 0 Å². The fourth-order valence-electron chi connectivity index (χ4n) is 2.73. The average Bonchev–Trinajstić information content (AvgIpc) is 2.38. The Kier molecular flexibility index (Phi) is 4.49. The molecule has 1 unspecified atom stereocenters. The van der Waals surface area contributed by atoms with Gasteiger partial charge in [0.05, 0.1) is 11.3 Å². The predicted molar refractivity (Wildman–Crippen MR) is 83.2 cm³/mol. The van der Waals surface area contributed by atoms with E-state index in [9.17, 15) is 4.79 Å². The van der Waals surface area contributed by atoms with E-state index in [1.165, 1.54) is 0 Å². The number of likely N-dealkylation sites (N-methyl/N-ethyl adjacent to an activating group) is 1. The van der Waals surface area contributed by atoms with Gasteiger partial charge in [0.2, 0.25) is 0 Å². The second kappa shape index (κ2) is 6.13. The van der Waals surface area contributed by atoms with E-state index < -0.39 is 0 Å². The van der Waals surface area contributed by atoms with Crippen molar-refractivity contribution in [2.24, 2.45) is 0 Å². The molecular weight excluding hydrogens is 252 g/mol. The number of carbonyl (C=O) groups is 1. The van der Waals surface area contributed by atoms with E-state index in [2.05, 4.69) is 29.1 Å². The molecule has 1 aliphatic heterocycles. The highest BCUT2D eigenvalue weighted by atomic mass is 16.1. The summed E-state index contributed by atoms with van der Waals surface area (Å²) in [7, 11) is 2.12. The first-order chi connectivity index (χ1) is 9.52. The molecule has 1 aliphatic rings. The molecule has 1 amide bonds. The maximum absolute atomic E-state index is 12.2. The highest BCUT2D eigenvalue weighted by Crippen LogP contribution is 2.27. The first-order valence-electron chi connectivity index (χ1n) is 7.15. The number of carbonyl (C=O) groups excluding carboxylic acids is 1. The van der Waals surface area contributed by atoms with Gasteiger partial charge in [-0.1, -0.05) is 0 Å². The minimum absolute atomic E-state index is 0.0337. The second-order valence-corrected chi connectivity index (χ2v) is 5.44. The summed E-state index contributed by atoms with van der Waals surface area (Å²) in [6.07, 6.45) is 0. The lowest BCUT2D eigenvalue weighted by molar-refractivity contribution is 0.0956. The number of anilines is 2. The van der Waals surface area contributed by atoms with Gasteiger partial charge in [-0.15, -0.1) is 0 Å². The van der Waals surface area contributed by atoms with E-state index in [-0.39, 0.29) is 5.91 Å². The number of benzene rings is 1. The van der Waals surface area contributed by atoms with Crippen molar-refractivity contribution >= 4 is 17.3 Å². The summed E-state index contributed by atoms with van der Waals surface area (Å²) in [5.41, 5.74) is 8.25. The van der Waals surface area contributed by atoms with Crippen molar-refractivity contribution in [3.63, 3.8) is 0 Å². The predicted octanol–water partition coefficient (Wildman–Crippen LogP) is 1.16. The zero-order chi connectivity index (χ0) is 14.7. The van der Waals surface area contributed by atoms with Gasteiger partial charge in [-0.3, -0.25) is 4.79 Å². The van der Waals surface area contributed by atoms with Crippen LogP contribution in [0.15, 0.2) is 18.2 Å². The molecule has 1 aromatic carbocycles. The molecule has 3 N–H and O–H groups in total. The quantitative estimate of drug-likeness (QED) is 0.813. The Morgan fingerprint density at radius 1 is 1.45 bits per heavy atom. The summed E-state index contributed by atoms with van der Waals surface area (Å²) in [5, 5.41) is 2.87. The zero-order valence-electron chi connectivity index (χ0n) is 12.5. The van der Waals surface area contributed by atoms with Gasteiger partial charge in [-0.05, 0) is 39.1 Å². The average molecular weight is 276 g/mol. The SMILES string of the molecule is CCNC(=O)c1ccc(N)cc1N1CCN(C)CC1C. The van der Waals surface area contributed by atoms with Crippen molar-refractivity contribution < 1.29 is 4.79 Å². The molecule has 110 valence electrons. The molecule has 5 heteroatoms. The first kappa shape index (κ1) is 14.7. The molecule has 0 radical (unpaired) electrons. The number of nitrogen functional groups attached to an aromatic ring is 1. The van der Waals surface area contributed by atoms with Gasteiger partial charge >= 0.3 is 0 Å². The standard InChI is InChI=1S/C15H24N4O/c1-4-17-15(20)13-6-5-12(16)9-14(13)19-8-7-18(3)10-11(19)2/h5-6,9,11H,4,7-8,10,16H2,1-3H3,(H,17,20). The largest absolute Gasteiger partial charge is 0.399 e. The summed E-state index contributed by atoms with van der Waals surface area (Å²) < 4.78 is 0. The van der Waals surface area contributed by atoms with E-state index in [0.717, 1.165) is 25.3 Å². The maximum atomic E-state index is 12.2. The van der Waals surface area contributed by atoms with E-state index in [4.69, 9.17) is 5.73 Å². The van der Waals surface area contributed by atoms with Crippen LogP contribution in [-0.2, 0) is 0 Å². The Bertz CT molecular complexity index is 489. The zero-order valence-corrected chi connectivity index (χ0v) is 12.5. The Morgan fingerprint density at radius 3 is 2.85 bits per heavy atom. The van der Waals surface area contributed by atoms with Crippen molar-refractivity contribution in [1.29, 1.82) is 0 Å². The molecule has 1 atom stereocenters. The number of hydrogen-bond donors (Lipinski definition) is 2. The van der Waals surface area contributed by atoms with Crippen LogP contribution >= 0.6 is 0 Å². The third-order valence-corrected chi connectivity index (χ3v) is 3.74. The lowest BCUT2D eigenvalue weighted by Gasteiger charge is -2.40. The fourth-order valence-corrected chi connectivity index (χ4v) is 2.73. The van der Waals surface area contributed by atoms with Crippen LogP contribution in [0.4, 0.5) is 11.4 Å². The molecule has 0 spiro atoms. The number of hydrogen-bond acceptors (Lipinski definition) is 4. The monoisotopic (exact) mass is 276 g/mol. The van der Waals surface area contributed by atoms with Gasteiger partial charge < -0.3 is 20.9 Å². The number of nitrogens with two attached hydrogens (primary N) is 1. The van der Waals surface area contributed by atoms with Crippen molar-refractivity contribution in [1.82, 2.24) is 10.2 Å². The van der Waals surface area contributed by atoms with Crippen molar-refractivity contribution in [3.05, 3.63) is 23.8 Å². The Labute approximate surface area is 120 Å². The van der Waals surface area contributed by atoms with Crippen LogP contribution in [0.1, 0.15) is 24.2 Å². The summed E-state index contributed by atoms with van der Waals surface area (Å²) in [6, 6.07) is 5.88. The molecule has 1 aromatic rings. The summed E-state index contributed by atoms with van der Waals surface area (Å²) in [5.74, 6) is -0.0337. The van der Waals surface area contributed by atoms with Gasteiger partial charge in [0, 0.05) is 37.9 Å². The van der Waals surface area contributed by atoms with Crippen LogP contribution in [0.3, 0.4) is 0 Å². The molecule has 0 bridgehead atoms. The van der Waals surface area contributed by atoms with Gasteiger partial charge in [0.15, 0.2) is 0 Å². The van der Waals surface area contributed by atoms with E-state index in [1.807, 2.05) is 19.1 Å². The van der Waals surface area contributed by atoms with Crippen molar-refractivity contribution in [3.8, 4) is 0 Å². The smallest absolute Gasteiger partial charge is 0.253 e. The Morgan fingerprint density at radius 2 is 2.20 bits per heavy atom. The molecule has 0 aromatic heterocycles. The highest BCUT2D eigenvalue weighted by Gasteiger charge is 2.25. The third kappa shape index (κ3) is 3.04. The highest BCUT2D eigenvalue weighted by molar-refractivity contribution is 6.00. The van der Waals surface area contributed by atoms with Gasteiger partial charge in [0.1, 0.15) is 0 Å². The minimum Gasteiger partial charge on any atom is -0.399 e. The molecule has 2 rings (SSSR count). The van der Waals surface area contributed by atoms with Crippen LogP contribution in [0.2, 0.25) is 0 Å². The first-order valence-corrected chi connectivity index (χ1v) is 7.15. The number of rotatable bonds is 3. The van der Waals surface area contributed by atoms with E-state index in [0.29, 0.717) is 23.8 Å². The molecule has 5 nitrogen and oxygen atoms in total.